The maximum absolute atomic E-state index is 12.1. The van der Waals surface area contributed by atoms with Gasteiger partial charge in [-0.2, -0.15) is 0 Å². The zero-order valence-electron chi connectivity index (χ0n) is 13.6. The van der Waals surface area contributed by atoms with E-state index in [1.54, 1.807) is 12.1 Å². The largest absolute Gasteiger partial charge is 0.462 e. The van der Waals surface area contributed by atoms with Crippen LogP contribution in [0.15, 0.2) is 51.8 Å². The van der Waals surface area contributed by atoms with Crippen molar-refractivity contribution in [3.8, 4) is 0 Å². The third-order valence-corrected chi connectivity index (χ3v) is 4.96. The summed E-state index contributed by atoms with van der Waals surface area (Å²) in [6, 6.07) is 12.5. The molecule has 0 aliphatic heterocycles. The van der Waals surface area contributed by atoms with E-state index in [1.165, 1.54) is 17.8 Å². The fourth-order valence-corrected chi connectivity index (χ4v) is 3.07. The Morgan fingerprint density at radius 2 is 1.92 bits per heavy atom. The van der Waals surface area contributed by atoms with E-state index in [1.807, 2.05) is 31.2 Å². The van der Waals surface area contributed by atoms with Gasteiger partial charge in [-0.05, 0) is 48.9 Å². The molecule has 2 rings (SSSR count). The van der Waals surface area contributed by atoms with Crippen LogP contribution in [-0.2, 0) is 9.53 Å². The number of halogens is 2. The first kappa shape index (κ1) is 19.8. The molecule has 0 aliphatic carbocycles. The van der Waals surface area contributed by atoms with Crippen molar-refractivity contribution in [2.24, 2.45) is 0 Å². The molecular weight excluding hydrogens is 426 g/mol. The molecule has 7 heteroatoms. The maximum atomic E-state index is 12.1. The van der Waals surface area contributed by atoms with Gasteiger partial charge in [0.15, 0.2) is 0 Å². The van der Waals surface area contributed by atoms with Gasteiger partial charge < -0.3 is 10.1 Å². The summed E-state index contributed by atoms with van der Waals surface area (Å²) in [5, 5.41) is 3.06. The quantitative estimate of drug-likeness (QED) is 0.461. The third-order valence-electron chi connectivity index (χ3n) is 3.09. The van der Waals surface area contributed by atoms with Crippen LogP contribution in [0.4, 0.5) is 5.69 Å². The van der Waals surface area contributed by atoms with Crippen LogP contribution >= 0.6 is 39.3 Å². The average molecular weight is 443 g/mol. The van der Waals surface area contributed by atoms with Gasteiger partial charge in [0.2, 0.25) is 5.91 Å². The first-order valence-electron chi connectivity index (χ1n) is 7.64. The standard InChI is InChI=1S/C18H17BrClNO3S/c1-2-9-24-18(23)15-10-13(5-8-16(15)20)21-17(22)11-25-14-6-3-12(19)4-7-14/h3-8,10H,2,9,11H2,1H3,(H,21,22). The second kappa shape index (κ2) is 9.85. The van der Waals surface area contributed by atoms with Crippen molar-refractivity contribution in [1.29, 1.82) is 0 Å². The van der Waals surface area contributed by atoms with Gasteiger partial charge in [0.25, 0.3) is 0 Å². The van der Waals surface area contributed by atoms with Gasteiger partial charge in [-0.25, -0.2) is 4.79 Å². The Kier molecular flexibility index (Phi) is 7.81. The van der Waals surface area contributed by atoms with E-state index in [4.69, 9.17) is 16.3 Å². The highest BCUT2D eigenvalue weighted by molar-refractivity contribution is 9.10. The second-order valence-electron chi connectivity index (χ2n) is 5.12. The predicted molar refractivity (Wildman–Crippen MR) is 106 cm³/mol. The monoisotopic (exact) mass is 441 g/mol. The SMILES string of the molecule is CCCOC(=O)c1cc(NC(=O)CSc2ccc(Br)cc2)ccc1Cl. The molecule has 2 aromatic rings. The highest BCUT2D eigenvalue weighted by Crippen LogP contribution is 2.23. The fraction of sp³-hybridized carbons (Fsp3) is 0.222. The lowest BCUT2D eigenvalue weighted by molar-refractivity contribution is -0.113. The lowest BCUT2D eigenvalue weighted by atomic mass is 10.2. The molecule has 0 aliphatic rings. The number of esters is 1. The van der Waals surface area contributed by atoms with Crippen molar-refractivity contribution in [3.63, 3.8) is 0 Å². The molecule has 0 saturated heterocycles. The van der Waals surface area contributed by atoms with Gasteiger partial charge in [0, 0.05) is 15.1 Å². The summed E-state index contributed by atoms with van der Waals surface area (Å²) in [6.45, 7) is 2.24. The summed E-state index contributed by atoms with van der Waals surface area (Å²) < 4.78 is 6.08. The van der Waals surface area contributed by atoms with Crippen LogP contribution in [0.2, 0.25) is 5.02 Å². The summed E-state index contributed by atoms with van der Waals surface area (Å²) in [4.78, 5) is 25.1. The van der Waals surface area contributed by atoms with Crippen molar-refractivity contribution < 1.29 is 14.3 Å². The number of amides is 1. The summed E-state index contributed by atoms with van der Waals surface area (Å²) in [7, 11) is 0. The molecule has 0 unspecified atom stereocenters. The molecule has 0 radical (unpaired) electrons. The van der Waals surface area contributed by atoms with E-state index in [-0.39, 0.29) is 17.2 Å². The van der Waals surface area contributed by atoms with Crippen LogP contribution in [0.3, 0.4) is 0 Å². The number of thioether (sulfide) groups is 1. The lowest BCUT2D eigenvalue weighted by Gasteiger charge is -2.09. The molecule has 1 amide bonds. The van der Waals surface area contributed by atoms with Crippen molar-refractivity contribution in [2.45, 2.75) is 18.2 Å². The number of rotatable bonds is 7. The lowest BCUT2D eigenvalue weighted by Crippen LogP contribution is -2.15. The molecule has 1 N–H and O–H groups in total. The molecule has 25 heavy (non-hydrogen) atoms. The molecule has 0 bridgehead atoms. The van der Waals surface area contributed by atoms with E-state index in [0.717, 1.165) is 15.8 Å². The third kappa shape index (κ3) is 6.38. The Morgan fingerprint density at radius 1 is 1.20 bits per heavy atom. The van der Waals surface area contributed by atoms with Crippen LogP contribution in [0, 0.1) is 0 Å². The van der Waals surface area contributed by atoms with Gasteiger partial charge in [0.05, 0.1) is 22.9 Å². The van der Waals surface area contributed by atoms with E-state index in [9.17, 15) is 9.59 Å². The first-order chi connectivity index (χ1) is 12.0. The smallest absolute Gasteiger partial charge is 0.339 e. The Bertz CT molecular complexity index is 752. The summed E-state index contributed by atoms with van der Waals surface area (Å²) in [6.07, 6.45) is 0.729. The molecule has 0 fully saturated rings. The number of carbonyl (C=O) groups excluding carboxylic acids is 2. The molecule has 4 nitrogen and oxygen atoms in total. The highest BCUT2D eigenvalue weighted by Gasteiger charge is 2.13. The minimum atomic E-state index is -0.493. The molecule has 0 atom stereocenters. The zero-order valence-corrected chi connectivity index (χ0v) is 16.7. The molecule has 0 heterocycles. The minimum absolute atomic E-state index is 0.164. The Balaban J connectivity index is 1.95. The summed E-state index contributed by atoms with van der Waals surface area (Å²) >= 11 is 10.8. The molecule has 0 saturated carbocycles. The predicted octanol–water partition coefficient (Wildman–Crippen LogP) is 5.40. The van der Waals surface area contributed by atoms with Gasteiger partial charge in [-0.1, -0.05) is 34.5 Å². The summed E-state index contributed by atoms with van der Waals surface area (Å²) in [5.74, 6) is -0.393. The van der Waals surface area contributed by atoms with E-state index < -0.39 is 5.97 Å². The van der Waals surface area contributed by atoms with Crippen molar-refractivity contribution >= 4 is 56.9 Å². The topological polar surface area (TPSA) is 55.4 Å². The van der Waals surface area contributed by atoms with Crippen LogP contribution in [-0.4, -0.2) is 24.2 Å². The van der Waals surface area contributed by atoms with E-state index in [0.29, 0.717) is 17.3 Å². The first-order valence-corrected chi connectivity index (χ1v) is 9.80. The van der Waals surface area contributed by atoms with Crippen molar-refractivity contribution in [3.05, 3.63) is 57.5 Å². The van der Waals surface area contributed by atoms with Crippen LogP contribution in [0.25, 0.3) is 0 Å². The number of hydrogen-bond acceptors (Lipinski definition) is 4. The van der Waals surface area contributed by atoms with Gasteiger partial charge >= 0.3 is 5.97 Å². The van der Waals surface area contributed by atoms with E-state index >= 15 is 0 Å². The zero-order chi connectivity index (χ0) is 18.2. The van der Waals surface area contributed by atoms with Gasteiger partial charge in [-0.3, -0.25) is 4.79 Å². The van der Waals surface area contributed by atoms with Gasteiger partial charge in [-0.15, -0.1) is 11.8 Å². The second-order valence-corrected chi connectivity index (χ2v) is 7.49. The van der Waals surface area contributed by atoms with Crippen LogP contribution < -0.4 is 5.32 Å². The number of ether oxygens (including phenoxy) is 1. The van der Waals surface area contributed by atoms with Crippen LogP contribution in [0.5, 0.6) is 0 Å². The molecule has 0 spiro atoms. The molecule has 132 valence electrons. The van der Waals surface area contributed by atoms with Crippen LogP contribution in [0.1, 0.15) is 23.7 Å². The number of anilines is 1. The maximum Gasteiger partial charge on any atom is 0.339 e. The Labute approximate surface area is 164 Å². The molecule has 0 aromatic heterocycles. The average Bonchev–Trinajstić information content (AvgIpc) is 2.61. The molecule has 2 aromatic carbocycles. The minimum Gasteiger partial charge on any atom is -0.462 e. The van der Waals surface area contributed by atoms with Gasteiger partial charge in [0.1, 0.15) is 0 Å². The van der Waals surface area contributed by atoms with Crippen molar-refractivity contribution in [2.75, 3.05) is 17.7 Å². The fourth-order valence-electron chi connectivity index (χ4n) is 1.91. The normalized spacial score (nSPS) is 10.4. The number of nitrogens with one attached hydrogen (secondary N) is 1. The summed E-state index contributed by atoms with van der Waals surface area (Å²) in [5.41, 5.74) is 0.753. The Hall–Kier alpha value is -1.50. The molecular formula is C18H17BrClNO3S. The number of carbonyl (C=O) groups is 2. The van der Waals surface area contributed by atoms with E-state index in [2.05, 4.69) is 21.2 Å². The highest BCUT2D eigenvalue weighted by atomic mass is 79.9. The Morgan fingerprint density at radius 3 is 2.60 bits per heavy atom. The number of benzene rings is 2. The number of hydrogen-bond donors (Lipinski definition) is 1. The van der Waals surface area contributed by atoms with Crippen molar-refractivity contribution in [1.82, 2.24) is 0 Å².